The highest BCUT2D eigenvalue weighted by molar-refractivity contribution is 7.70. The zero-order valence-corrected chi connectivity index (χ0v) is 23.0. The van der Waals surface area contributed by atoms with Crippen LogP contribution >= 0.6 is 18.7 Å². The maximum absolute atomic E-state index is 12.8. The molecule has 3 N–H and O–H groups in total. The zero-order valence-electron chi connectivity index (χ0n) is 21.4. The first-order chi connectivity index (χ1) is 17.5. The highest BCUT2D eigenvalue weighted by Gasteiger charge is 2.18. The number of hydrogen-bond acceptors (Lipinski definition) is 8. The molecule has 0 atom stereocenters. The van der Waals surface area contributed by atoms with Gasteiger partial charge in [-0.2, -0.15) is 4.98 Å². The number of nitrogens with one attached hydrogen (secondary N) is 3. The fourth-order valence-electron chi connectivity index (χ4n) is 3.33. The average molecular weight is 541 g/mol. The Labute approximate surface area is 222 Å². The number of anilines is 5. The van der Waals surface area contributed by atoms with Gasteiger partial charge >= 0.3 is 0 Å². The molecule has 1 amide bonds. The Morgan fingerprint density at radius 2 is 1.86 bits per heavy atom. The molecule has 9 nitrogen and oxygen atoms in total. The Kier molecular flexibility index (Phi) is 8.97. The summed E-state index contributed by atoms with van der Waals surface area (Å²) in [5.41, 5.74) is 2.43. The summed E-state index contributed by atoms with van der Waals surface area (Å²) in [5, 5.41) is 10.1. The first-order valence-corrected chi connectivity index (χ1v) is 14.2. The van der Waals surface area contributed by atoms with E-state index in [9.17, 15) is 9.36 Å². The highest BCUT2D eigenvalue weighted by Crippen LogP contribution is 2.39. The van der Waals surface area contributed by atoms with Crippen molar-refractivity contribution in [2.24, 2.45) is 0 Å². The summed E-state index contributed by atoms with van der Waals surface area (Å²) in [6, 6.07) is 10.8. The number of aromatic nitrogens is 2. The third kappa shape index (κ3) is 7.35. The molecule has 0 radical (unpaired) electrons. The van der Waals surface area contributed by atoms with Gasteiger partial charge in [-0.15, -0.1) is 0 Å². The quantitative estimate of drug-likeness (QED) is 0.227. The minimum Gasteiger partial charge on any atom is -0.495 e. The van der Waals surface area contributed by atoms with E-state index < -0.39 is 7.14 Å². The van der Waals surface area contributed by atoms with Gasteiger partial charge in [-0.3, -0.25) is 4.79 Å². The van der Waals surface area contributed by atoms with Crippen LogP contribution in [0.1, 0.15) is 5.56 Å². The fraction of sp³-hybridized carbons (Fsp3) is 0.192. The minimum atomic E-state index is -2.55. The number of carbonyl (C=O) groups is 1. The number of ether oxygens (including phenoxy) is 1. The van der Waals surface area contributed by atoms with E-state index >= 15 is 0 Å². The smallest absolute Gasteiger partial charge is 0.247 e. The number of amides is 1. The molecular formula is C26H30ClN6O3P. The van der Waals surface area contributed by atoms with Crippen molar-refractivity contribution in [1.29, 1.82) is 0 Å². The number of halogens is 1. The van der Waals surface area contributed by atoms with Gasteiger partial charge in [-0.1, -0.05) is 30.3 Å². The van der Waals surface area contributed by atoms with E-state index in [-0.39, 0.29) is 16.9 Å². The molecule has 0 fully saturated rings. The van der Waals surface area contributed by atoms with Crippen LogP contribution in [0.3, 0.4) is 0 Å². The van der Waals surface area contributed by atoms with E-state index in [0.29, 0.717) is 33.9 Å². The second-order valence-corrected chi connectivity index (χ2v) is 12.2. The van der Waals surface area contributed by atoms with E-state index in [4.69, 9.17) is 16.3 Å². The van der Waals surface area contributed by atoms with Gasteiger partial charge in [-0.05, 0) is 55.9 Å². The summed E-state index contributed by atoms with van der Waals surface area (Å²) in [6.45, 7) is 6.93. The maximum Gasteiger partial charge on any atom is 0.247 e. The molecular weight excluding hydrogens is 511 g/mol. The lowest BCUT2D eigenvalue weighted by Crippen LogP contribution is -2.11. The number of para-hydroxylation sites is 1. The van der Waals surface area contributed by atoms with E-state index in [2.05, 4.69) is 32.5 Å². The number of methoxy groups -OCH3 is 1. The van der Waals surface area contributed by atoms with Crippen LogP contribution in [0.5, 0.6) is 5.75 Å². The van der Waals surface area contributed by atoms with Gasteiger partial charge in [0.05, 0.1) is 30.4 Å². The second kappa shape index (κ2) is 12.0. The molecule has 0 unspecified atom stereocenters. The Morgan fingerprint density at radius 1 is 1.14 bits per heavy atom. The summed E-state index contributed by atoms with van der Waals surface area (Å²) in [4.78, 5) is 22.7. The van der Waals surface area contributed by atoms with Gasteiger partial charge in [0.2, 0.25) is 11.9 Å². The van der Waals surface area contributed by atoms with E-state index in [0.717, 1.165) is 5.56 Å². The first kappa shape index (κ1) is 27.8. The van der Waals surface area contributed by atoms with Gasteiger partial charge in [-0.25, -0.2) is 4.98 Å². The monoisotopic (exact) mass is 540 g/mol. The van der Waals surface area contributed by atoms with Crippen molar-refractivity contribution in [3.8, 4) is 5.75 Å². The van der Waals surface area contributed by atoms with Gasteiger partial charge in [0.1, 0.15) is 17.9 Å². The van der Waals surface area contributed by atoms with Crippen molar-refractivity contribution >= 4 is 64.9 Å². The van der Waals surface area contributed by atoms with Gasteiger partial charge in [0.15, 0.2) is 5.82 Å². The molecule has 194 valence electrons. The van der Waals surface area contributed by atoms with Crippen molar-refractivity contribution in [2.45, 2.75) is 0 Å². The minimum absolute atomic E-state index is 0.233. The Morgan fingerprint density at radius 3 is 2.51 bits per heavy atom. The van der Waals surface area contributed by atoms with Crippen molar-refractivity contribution in [3.05, 3.63) is 72.0 Å². The molecule has 3 rings (SSSR count). The first-order valence-electron chi connectivity index (χ1n) is 11.2. The van der Waals surface area contributed by atoms with Gasteiger partial charge < -0.3 is 30.2 Å². The molecule has 0 aliphatic carbocycles. The number of nitrogens with zero attached hydrogens (tertiary/aromatic N) is 3. The summed E-state index contributed by atoms with van der Waals surface area (Å²) < 4.78 is 18.3. The lowest BCUT2D eigenvalue weighted by atomic mass is 10.1. The van der Waals surface area contributed by atoms with Crippen LogP contribution in [-0.4, -0.2) is 55.3 Å². The second-order valence-electron chi connectivity index (χ2n) is 8.62. The molecule has 37 heavy (non-hydrogen) atoms. The fourth-order valence-corrected chi connectivity index (χ4v) is 4.63. The Balaban J connectivity index is 2.00. The summed E-state index contributed by atoms with van der Waals surface area (Å²) in [5.74, 6) is 0.722. The lowest BCUT2D eigenvalue weighted by molar-refractivity contribution is -0.111. The third-order valence-electron chi connectivity index (χ3n) is 5.10. The number of rotatable bonds is 10. The van der Waals surface area contributed by atoms with Crippen LogP contribution in [0.15, 0.2) is 61.4 Å². The van der Waals surface area contributed by atoms with Crippen LogP contribution in [0.2, 0.25) is 5.02 Å². The lowest BCUT2D eigenvalue weighted by Gasteiger charge is -2.17. The highest BCUT2D eigenvalue weighted by atomic mass is 35.5. The number of carbonyl (C=O) groups excluding carboxylic acids is 1. The molecule has 0 saturated heterocycles. The van der Waals surface area contributed by atoms with Crippen LogP contribution in [0, 0.1) is 0 Å². The van der Waals surface area contributed by atoms with Crippen LogP contribution in [0.25, 0.3) is 6.08 Å². The molecule has 0 aliphatic heterocycles. The van der Waals surface area contributed by atoms with E-state index in [1.165, 1.54) is 12.3 Å². The molecule has 0 bridgehead atoms. The van der Waals surface area contributed by atoms with Crippen LogP contribution in [0.4, 0.5) is 28.8 Å². The predicted octanol–water partition coefficient (Wildman–Crippen LogP) is 5.53. The van der Waals surface area contributed by atoms with Crippen LogP contribution < -0.4 is 26.0 Å². The number of hydrogen-bond donors (Lipinski definition) is 3. The van der Waals surface area contributed by atoms with E-state index in [1.807, 2.05) is 55.5 Å². The SMILES string of the molecule is C=CC(=O)Nc1cc(Nc2ncc(Cl)c(Nc3ccccc3P(C)(C)=O)n2)c(OC)cc1C=CN(C)C. The molecule has 0 spiro atoms. The van der Waals surface area contributed by atoms with Crippen molar-refractivity contribution in [3.63, 3.8) is 0 Å². The van der Waals surface area contributed by atoms with Crippen molar-refractivity contribution in [2.75, 3.05) is 50.5 Å². The molecule has 2 aromatic carbocycles. The standard InChI is InChI=1S/C26H30ClN6O3P/c1-7-24(34)29-20-15-21(22(36-4)14-17(20)12-13-33(2)3)31-26-28-16-18(27)25(32-26)30-19-10-8-9-11-23(19)37(5,6)35/h7-16H,1H2,2-6H3,(H,29,34)(H2,28,30,31,32). The normalized spacial score (nSPS) is 11.2. The average Bonchev–Trinajstić information content (AvgIpc) is 2.85. The maximum atomic E-state index is 12.8. The van der Waals surface area contributed by atoms with Crippen molar-refractivity contribution < 1.29 is 14.1 Å². The summed E-state index contributed by atoms with van der Waals surface area (Å²) >= 11 is 6.38. The molecule has 0 saturated carbocycles. The Hall–Kier alpha value is -3.81. The summed E-state index contributed by atoms with van der Waals surface area (Å²) in [6.07, 6.45) is 6.36. The molecule has 1 aromatic heterocycles. The van der Waals surface area contributed by atoms with Crippen LogP contribution in [-0.2, 0) is 9.36 Å². The van der Waals surface area contributed by atoms with Gasteiger partial charge in [0, 0.05) is 25.0 Å². The third-order valence-corrected chi connectivity index (χ3v) is 6.92. The summed E-state index contributed by atoms with van der Waals surface area (Å²) in [7, 11) is 2.78. The molecule has 11 heteroatoms. The molecule has 3 aromatic rings. The predicted molar refractivity (Wildman–Crippen MR) is 154 cm³/mol. The molecule has 1 heterocycles. The van der Waals surface area contributed by atoms with Gasteiger partial charge in [0.25, 0.3) is 0 Å². The zero-order chi connectivity index (χ0) is 27.2. The van der Waals surface area contributed by atoms with Crippen molar-refractivity contribution in [1.82, 2.24) is 14.9 Å². The molecule has 0 aliphatic rings. The topological polar surface area (TPSA) is 108 Å². The Bertz CT molecular complexity index is 1390. The largest absolute Gasteiger partial charge is 0.495 e. The number of benzene rings is 2. The van der Waals surface area contributed by atoms with E-state index in [1.54, 1.807) is 32.6 Å².